The van der Waals surface area contributed by atoms with Crippen molar-refractivity contribution in [3.05, 3.63) is 50.4 Å². The highest BCUT2D eigenvalue weighted by atomic mass is 35.5. The van der Waals surface area contributed by atoms with Crippen LogP contribution in [0.1, 0.15) is 0 Å². The maximum atomic E-state index is 12.4. The Labute approximate surface area is 141 Å². The average Bonchev–Trinajstić information content (AvgIpc) is 2.31. The highest BCUT2D eigenvalue weighted by molar-refractivity contribution is 7.93. The monoisotopic (exact) mass is 384 g/mol. The van der Waals surface area contributed by atoms with Gasteiger partial charge < -0.3 is 5.73 Å². The van der Waals surface area contributed by atoms with E-state index in [1.165, 1.54) is 30.3 Å². The number of nitrogens with two attached hydrogens (primary N) is 1. The molecule has 0 unspecified atom stereocenters. The summed E-state index contributed by atoms with van der Waals surface area (Å²) in [6.07, 6.45) is 0. The number of anilines is 2. The van der Waals surface area contributed by atoms with Crippen LogP contribution in [-0.4, -0.2) is 8.42 Å². The van der Waals surface area contributed by atoms with E-state index in [-0.39, 0.29) is 31.3 Å². The maximum absolute atomic E-state index is 12.4. The average molecular weight is 386 g/mol. The number of hydrogen-bond donors (Lipinski definition) is 2. The molecule has 112 valence electrons. The number of rotatable bonds is 3. The summed E-state index contributed by atoms with van der Waals surface area (Å²) in [5, 5.41) is 0.654. The van der Waals surface area contributed by atoms with Crippen LogP contribution in [0.3, 0.4) is 0 Å². The molecule has 0 saturated heterocycles. The van der Waals surface area contributed by atoms with Gasteiger partial charge in [-0.05, 0) is 30.3 Å². The van der Waals surface area contributed by atoms with E-state index in [1.54, 1.807) is 0 Å². The molecule has 21 heavy (non-hydrogen) atoms. The van der Waals surface area contributed by atoms with Crippen LogP contribution in [0.2, 0.25) is 20.1 Å². The minimum absolute atomic E-state index is 0.0712. The molecule has 0 aromatic heterocycles. The molecule has 2 aromatic carbocycles. The van der Waals surface area contributed by atoms with E-state index in [0.717, 1.165) is 0 Å². The zero-order valence-corrected chi connectivity index (χ0v) is 14.0. The molecule has 0 aliphatic heterocycles. The first-order chi connectivity index (χ1) is 9.70. The fourth-order valence-corrected chi connectivity index (χ4v) is 4.09. The van der Waals surface area contributed by atoms with Gasteiger partial charge in [-0.1, -0.05) is 46.4 Å². The van der Waals surface area contributed by atoms with Gasteiger partial charge >= 0.3 is 0 Å². The summed E-state index contributed by atoms with van der Waals surface area (Å²) < 4.78 is 27.1. The number of hydrogen-bond acceptors (Lipinski definition) is 3. The van der Waals surface area contributed by atoms with Gasteiger partial charge in [0.15, 0.2) is 0 Å². The van der Waals surface area contributed by atoms with Crippen LogP contribution in [0.4, 0.5) is 11.4 Å². The van der Waals surface area contributed by atoms with Crippen molar-refractivity contribution in [2.75, 3.05) is 10.5 Å². The summed E-state index contributed by atoms with van der Waals surface area (Å²) in [4.78, 5) is -0.274. The summed E-state index contributed by atoms with van der Waals surface area (Å²) in [5.41, 5.74) is 5.73. The van der Waals surface area contributed by atoms with E-state index in [4.69, 9.17) is 52.1 Å². The van der Waals surface area contributed by atoms with Crippen LogP contribution in [0.15, 0.2) is 35.2 Å². The highest BCUT2D eigenvalue weighted by Gasteiger charge is 2.23. The number of halogens is 4. The van der Waals surface area contributed by atoms with Crippen LogP contribution in [0.25, 0.3) is 0 Å². The third-order valence-electron chi connectivity index (χ3n) is 2.48. The van der Waals surface area contributed by atoms with Crippen molar-refractivity contribution < 1.29 is 8.42 Å². The Morgan fingerprint density at radius 1 is 0.905 bits per heavy atom. The van der Waals surface area contributed by atoms with Gasteiger partial charge in [0, 0.05) is 10.0 Å². The quantitative estimate of drug-likeness (QED) is 0.753. The van der Waals surface area contributed by atoms with Gasteiger partial charge in [-0.15, -0.1) is 0 Å². The van der Waals surface area contributed by atoms with E-state index in [0.29, 0.717) is 5.02 Å². The molecule has 0 atom stereocenters. The first-order valence-electron chi connectivity index (χ1n) is 5.43. The topological polar surface area (TPSA) is 72.2 Å². The van der Waals surface area contributed by atoms with Crippen LogP contribution >= 0.6 is 46.4 Å². The van der Waals surface area contributed by atoms with Gasteiger partial charge in [-0.3, -0.25) is 4.72 Å². The first kappa shape index (κ1) is 16.5. The Morgan fingerprint density at radius 2 is 1.57 bits per heavy atom. The van der Waals surface area contributed by atoms with E-state index >= 15 is 0 Å². The van der Waals surface area contributed by atoms with Crippen molar-refractivity contribution in [2.24, 2.45) is 0 Å². The second-order valence-electron chi connectivity index (χ2n) is 4.04. The zero-order valence-electron chi connectivity index (χ0n) is 10.2. The Balaban J connectivity index is 2.51. The van der Waals surface area contributed by atoms with Crippen LogP contribution in [0, 0.1) is 0 Å². The van der Waals surface area contributed by atoms with Gasteiger partial charge in [-0.2, -0.15) is 0 Å². The summed E-state index contributed by atoms with van der Waals surface area (Å²) in [5.74, 6) is 0. The predicted molar refractivity (Wildman–Crippen MR) is 88.1 cm³/mol. The molecule has 4 nitrogen and oxygen atoms in total. The summed E-state index contributed by atoms with van der Waals surface area (Å²) in [6, 6.07) is 6.95. The number of benzene rings is 2. The normalized spacial score (nSPS) is 11.4. The lowest BCUT2D eigenvalue weighted by molar-refractivity contribution is 0.601. The zero-order chi connectivity index (χ0) is 15.8. The maximum Gasteiger partial charge on any atom is 0.265 e. The summed E-state index contributed by atoms with van der Waals surface area (Å²) in [7, 11) is -4.04. The largest absolute Gasteiger partial charge is 0.398 e. The van der Waals surface area contributed by atoms with E-state index in [9.17, 15) is 8.42 Å². The van der Waals surface area contributed by atoms with Gasteiger partial charge in [0.05, 0.1) is 21.4 Å². The molecule has 2 aromatic rings. The van der Waals surface area contributed by atoms with Crippen molar-refractivity contribution in [2.45, 2.75) is 4.90 Å². The lowest BCUT2D eigenvalue weighted by atomic mass is 10.3. The molecule has 3 N–H and O–H groups in total. The summed E-state index contributed by atoms with van der Waals surface area (Å²) in [6.45, 7) is 0. The molecule has 0 aliphatic rings. The molecule has 0 saturated carbocycles. The molecular formula is C12H8Cl4N2O2S. The Morgan fingerprint density at radius 3 is 2.19 bits per heavy atom. The van der Waals surface area contributed by atoms with Gasteiger partial charge in [0.25, 0.3) is 10.0 Å². The SMILES string of the molecule is Nc1cc(Cl)cc(Cl)c1S(=O)(=O)Nc1cc(Cl)ccc1Cl. The van der Waals surface area contributed by atoms with Crippen molar-refractivity contribution in [1.82, 2.24) is 0 Å². The van der Waals surface area contributed by atoms with Crippen molar-refractivity contribution in [1.29, 1.82) is 0 Å². The van der Waals surface area contributed by atoms with Crippen molar-refractivity contribution in [3.63, 3.8) is 0 Å². The Bertz CT molecular complexity index is 786. The third kappa shape index (κ3) is 3.67. The minimum Gasteiger partial charge on any atom is -0.398 e. The van der Waals surface area contributed by atoms with Gasteiger partial charge in [0.1, 0.15) is 4.90 Å². The van der Waals surface area contributed by atoms with Crippen LogP contribution < -0.4 is 10.5 Å². The fraction of sp³-hybridized carbons (Fsp3) is 0. The highest BCUT2D eigenvalue weighted by Crippen LogP contribution is 2.34. The number of nitrogens with one attached hydrogen (secondary N) is 1. The van der Waals surface area contributed by atoms with Crippen LogP contribution in [0.5, 0.6) is 0 Å². The Hall–Kier alpha value is -0.850. The Kier molecular flexibility index (Phi) is 4.80. The molecule has 0 amide bonds. The molecule has 2 rings (SSSR count). The number of sulfonamides is 1. The summed E-state index contributed by atoms with van der Waals surface area (Å²) >= 11 is 23.4. The molecule has 0 bridgehead atoms. The lowest BCUT2D eigenvalue weighted by Gasteiger charge is -2.13. The molecule has 0 radical (unpaired) electrons. The smallest absolute Gasteiger partial charge is 0.265 e. The molecule has 9 heteroatoms. The predicted octanol–water partition coefficient (Wildman–Crippen LogP) is 4.68. The second kappa shape index (κ2) is 6.10. The number of nitrogen functional groups attached to an aromatic ring is 1. The van der Waals surface area contributed by atoms with Crippen LogP contribution in [-0.2, 0) is 10.0 Å². The molecule has 0 fully saturated rings. The lowest BCUT2D eigenvalue weighted by Crippen LogP contribution is -2.15. The first-order valence-corrected chi connectivity index (χ1v) is 8.42. The molecule has 0 aliphatic carbocycles. The van der Waals surface area contributed by atoms with E-state index in [2.05, 4.69) is 4.72 Å². The fourth-order valence-electron chi connectivity index (χ4n) is 1.64. The molecular weight excluding hydrogens is 378 g/mol. The molecule has 0 heterocycles. The third-order valence-corrected chi connectivity index (χ3v) is 5.15. The van der Waals surface area contributed by atoms with E-state index in [1.807, 2.05) is 0 Å². The van der Waals surface area contributed by atoms with E-state index < -0.39 is 10.0 Å². The van der Waals surface area contributed by atoms with Crippen molar-refractivity contribution in [3.8, 4) is 0 Å². The van der Waals surface area contributed by atoms with Gasteiger partial charge in [-0.25, -0.2) is 8.42 Å². The standard InChI is InChI=1S/C12H8Cl4N2O2S/c13-6-1-2-8(15)11(5-6)18-21(19,20)12-9(16)3-7(14)4-10(12)17/h1-5,18H,17H2. The minimum atomic E-state index is -4.04. The second-order valence-corrected chi connectivity index (χ2v) is 7.34. The van der Waals surface area contributed by atoms with Crippen molar-refractivity contribution >= 4 is 67.8 Å². The van der Waals surface area contributed by atoms with Gasteiger partial charge in [0.2, 0.25) is 0 Å². The molecule has 0 spiro atoms.